The maximum atomic E-state index is 14.3. The SMILES string of the molecule is CCC(N)C(=O)NC1C(=O)N2C(CCC1COC(=O)c1ccccc1)CCC2C(=O)NC(c1ccccc1)c1ccccc1. The Morgan fingerprint density at radius 1 is 0.864 bits per heavy atom. The van der Waals surface area contributed by atoms with E-state index >= 15 is 0 Å². The van der Waals surface area contributed by atoms with E-state index in [2.05, 4.69) is 10.6 Å². The van der Waals surface area contributed by atoms with Crippen molar-refractivity contribution in [3.8, 4) is 0 Å². The molecule has 2 fully saturated rings. The van der Waals surface area contributed by atoms with Crippen LogP contribution in [0.1, 0.15) is 66.6 Å². The highest BCUT2D eigenvalue weighted by atomic mass is 16.5. The molecule has 5 atom stereocenters. The molecule has 0 bridgehead atoms. The van der Waals surface area contributed by atoms with Gasteiger partial charge in [0.25, 0.3) is 0 Å². The van der Waals surface area contributed by atoms with Crippen LogP contribution in [-0.4, -0.2) is 59.4 Å². The first-order valence-electron chi connectivity index (χ1n) is 15.4. The number of ether oxygens (including phenoxy) is 1. The number of hydrogen-bond donors (Lipinski definition) is 3. The molecule has 230 valence electrons. The first-order valence-corrected chi connectivity index (χ1v) is 15.4. The standard InChI is InChI=1S/C35H40N4O5/c1-2-28(36)32(40)38-31-26(22-44-35(43)25-16-10-5-11-17-25)18-19-27-20-21-29(39(27)34(31)42)33(41)37-30(23-12-6-3-7-13-23)24-14-8-4-9-15-24/h3-17,26-31H,2,18-22,36H2,1H3,(H,37,41)(H,38,40). The fraction of sp³-hybridized carbons (Fsp3) is 0.371. The molecule has 3 amide bonds. The lowest BCUT2D eigenvalue weighted by molar-refractivity contribution is -0.144. The lowest BCUT2D eigenvalue weighted by atomic mass is 9.93. The third kappa shape index (κ3) is 7.00. The lowest BCUT2D eigenvalue weighted by Gasteiger charge is -2.33. The third-order valence-corrected chi connectivity index (χ3v) is 8.73. The predicted octanol–water partition coefficient (Wildman–Crippen LogP) is 3.74. The minimum absolute atomic E-state index is 0.0483. The molecule has 44 heavy (non-hydrogen) atoms. The summed E-state index contributed by atoms with van der Waals surface area (Å²) in [4.78, 5) is 55.6. The highest BCUT2D eigenvalue weighted by Crippen LogP contribution is 2.35. The largest absolute Gasteiger partial charge is 0.462 e. The fourth-order valence-corrected chi connectivity index (χ4v) is 6.23. The minimum atomic E-state index is -0.985. The summed E-state index contributed by atoms with van der Waals surface area (Å²) in [6.07, 6.45) is 2.73. The molecule has 9 nitrogen and oxygen atoms in total. The zero-order valence-corrected chi connectivity index (χ0v) is 24.9. The predicted molar refractivity (Wildman–Crippen MR) is 166 cm³/mol. The maximum absolute atomic E-state index is 14.3. The number of esters is 1. The summed E-state index contributed by atoms with van der Waals surface area (Å²) in [5.74, 6) is -2.01. The molecule has 2 aliphatic rings. The first-order chi connectivity index (χ1) is 21.4. The van der Waals surface area contributed by atoms with Gasteiger partial charge in [-0.25, -0.2) is 4.79 Å². The van der Waals surface area contributed by atoms with Crippen LogP contribution >= 0.6 is 0 Å². The maximum Gasteiger partial charge on any atom is 0.338 e. The summed E-state index contributed by atoms with van der Waals surface area (Å²) in [5.41, 5.74) is 8.30. The van der Waals surface area contributed by atoms with Gasteiger partial charge in [-0.15, -0.1) is 0 Å². The molecule has 0 aromatic heterocycles. The average molecular weight is 597 g/mol. The molecule has 2 saturated heterocycles. The van der Waals surface area contributed by atoms with Gasteiger partial charge in [0.1, 0.15) is 12.1 Å². The molecule has 0 radical (unpaired) electrons. The van der Waals surface area contributed by atoms with Crippen molar-refractivity contribution in [3.05, 3.63) is 108 Å². The van der Waals surface area contributed by atoms with Crippen molar-refractivity contribution in [3.63, 3.8) is 0 Å². The van der Waals surface area contributed by atoms with Gasteiger partial charge >= 0.3 is 5.97 Å². The van der Waals surface area contributed by atoms with Crippen molar-refractivity contribution >= 4 is 23.7 Å². The van der Waals surface area contributed by atoms with E-state index in [4.69, 9.17) is 10.5 Å². The summed E-state index contributed by atoms with van der Waals surface area (Å²) in [7, 11) is 0. The second-order valence-corrected chi connectivity index (χ2v) is 11.6. The Labute approximate surface area is 258 Å². The van der Waals surface area contributed by atoms with Crippen LogP contribution in [0.2, 0.25) is 0 Å². The monoisotopic (exact) mass is 596 g/mol. The van der Waals surface area contributed by atoms with Crippen LogP contribution in [-0.2, 0) is 19.1 Å². The normalized spacial score (nSPS) is 22.1. The Morgan fingerprint density at radius 2 is 1.43 bits per heavy atom. The van der Waals surface area contributed by atoms with Gasteiger partial charge in [-0.3, -0.25) is 14.4 Å². The molecule has 0 aliphatic carbocycles. The number of carbonyl (C=O) groups is 4. The van der Waals surface area contributed by atoms with E-state index in [1.807, 2.05) is 66.7 Å². The Bertz CT molecular complexity index is 1400. The Kier molecular flexibility index (Phi) is 10.1. The molecule has 0 spiro atoms. The van der Waals surface area contributed by atoms with Crippen LogP contribution in [0.25, 0.3) is 0 Å². The number of carbonyl (C=O) groups excluding carboxylic acids is 4. The number of benzene rings is 3. The van der Waals surface area contributed by atoms with Crippen LogP contribution in [0.4, 0.5) is 0 Å². The van der Waals surface area contributed by atoms with E-state index in [1.165, 1.54) is 0 Å². The minimum Gasteiger partial charge on any atom is -0.462 e. The van der Waals surface area contributed by atoms with Crippen molar-refractivity contribution in [2.75, 3.05) is 6.61 Å². The van der Waals surface area contributed by atoms with Gasteiger partial charge in [-0.2, -0.15) is 0 Å². The van der Waals surface area contributed by atoms with Crippen molar-refractivity contribution in [2.45, 2.75) is 69.2 Å². The van der Waals surface area contributed by atoms with Gasteiger partial charge in [0.15, 0.2) is 0 Å². The van der Waals surface area contributed by atoms with E-state index in [1.54, 1.807) is 36.1 Å². The highest BCUT2D eigenvalue weighted by Gasteiger charge is 2.48. The number of fused-ring (bicyclic) bond motifs is 1. The molecule has 2 heterocycles. The topological polar surface area (TPSA) is 131 Å². The number of hydrogen-bond acceptors (Lipinski definition) is 6. The third-order valence-electron chi connectivity index (χ3n) is 8.73. The van der Waals surface area contributed by atoms with Crippen LogP contribution in [0.5, 0.6) is 0 Å². The van der Waals surface area contributed by atoms with Gasteiger partial charge in [0.2, 0.25) is 17.7 Å². The van der Waals surface area contributed by atoms with Crippen molar-refractivity contribution in [1.29, 1.82) is 0 Å². The van der Waals surface area contributed by atoms with Crippen molar-refractivity contribution < 1.29 is 23.9 Å². The summed E-state index contributed by atoms with van der Waals surface area (Å²) < 4.78 is 5.65. The summed E-state index contributed by atoms with van der Waals surface area (Å²) >= 11 is 0. The van der Waals surface area contributed by atoms with E-state index in [0.29, 0.717) is 37.7 Å². The second-order valence-electron chi connectivity index (χ2n) is 11.6. The zero-order chi connectivity index (χ0) is 31.1. The van der Waals surface area contributed by atoms with Gasteiger partial charge in [0.05, 0.1) is 24.3 Å². The molecule has 5 rings (SSSR count). The fourth-order valence-electron chi connectivity index (χ4n) is 6.23. The molecule has 0 saturated carbocycles. The Balaban J connectivity index is 1.37. The van der Waals surface area contributed by atoms with E-state index in [9.17, 15) is 19.2 Å². The lowest BCUT2D eigenvalue weighted by Crippen LogP contribution is -2.58. The number of amides is 3. The molecule has 3 aromatic rings. The van der Waals surface area contributed by atoms with Gasteiger partial charge in [-0.1, -0.05) is 85.8 Å². The summed E-state index contributed by atoms with van der Waals surface area (Å²) in [6.45, 7) is 1.75. The van der Waals surface area contributed by atoms with Gasteiger partial charge in [-0.05, 0) is 55.4 Å². The quantitative estimate of drug-likeness (QED) is 0.306. The molecular weight excluding hydrogens is 556 g/mol. The highest BCUT2D eigenvalue weighted by molar-refractivity contribution is 5.94. The summed E-state index contributed by atoms with van der Waals surface area (Å²) in [5, 5.41) is 6.07. The average Bonchev–Trinajstić information content (AvgIpc) is 3.45. The van der Waals surface area contributed by atoms with Gasteiger partial charge in [0, 0.05) is 12.0 Å². The molecule has 3 aromatic carbocycles. The Hall–Kier alpha value is -4.50. The molecular formula is C35H40N4O5. The van der Waals surface area contributed by atoms with E-state index in [0.717, 1.165) is 11.1 Å². The number of nitrogens with two attached hydrogens (primary N) is 1. The zero-order valence-electron chi connectivity index (χ0n) is 24.9. The van der Waals surface area contributed by atoms with E-state index < -0.39 is 42.0 Å². The van der Waals surface area contributed by atoms with Crippen molar-refractivity contribution in [2.24, 2.45) is 11.7 Å². The smallest absolute Gasteiger partial charge is 0.338 e. The first kappa shape index (κ1) is 30.9. The van der Waals surface area contributed by atoms with Crippen molar-refractivity contribution in [1.82, 2.24) is 15.5 Å². The van der Waals surface area contributed by atoms with Crippen LogP contribution in [0, 0.1) is 5.92 Å². The van der Waals surface area contributed by atoms with Crippen LogP contribution < -0.4 is 16.4 Å². The molecule has 4 N–H and O–H groups in total. The van der Waals surface area contributed by atoms with Crippen LogP contribution in [0.15, 0.2) is 91.0 Å². The molecule has 9 heteroatoms. The molecule has 2 aliphatic heterocycles. The number of nitrogens with zero attached hydrogens (tertiary/aromatic N) is 1. The second kappa shape index (κ2) is 14.3. The van der Waals surface area contributed by atoms with E-state index in [-0.39, 0.29) is 24.5 Å². The number of rotatable bonds is 10. The van der Waals surface area contributed by atoms with Gasteiger partial charge < -0.3 is 26.0 Å². The molecule has 5 unspecified atom stereocenters. The number of nitrogens with one attached hydrogen (secondary N) is 2. The summed E-state index contributed by atoms with van der Waals surface area (Å²) in [6, 6.07) is 25.1. The Morgan fingerprint density at radius 3 is 2.02 bits per heavy atom. The van der Waals surface area contributed by atoms with Crippen LogP contribution in [0.3, 0.4) is 0 Å².